The Morgan fingerprint density at radius 3 is 2.41 bits per heavy atom. The molecule has 0 radical (unpaired) electrons. The molecule has 3 atom stereocenters. The summed E-state index contributed by atoms with van der Waals surface area (Å²) in [5.41, 5.74) is 0.952. The van der Waals surface area contributed by atoms with Gasteiger partial charge in [0.25, 0.3) is 5.91 Å². The Bertz CT molecular complexity index is 1240. The molecule has 2 heterocycles. The van der Waals surface area contributed by atoms with Gasteiger partial charge in [0.1, 0.15) is 17.8 Å². The van der Waals surface area contributed by atoms with Crippen LogP contribution < -0.4 is 10.6 Å². The number of anilines is 1. The number of aromatic carboxylic acids is 1. The number of aromatic nitrogens is 1. The third kappa shape index (κ3) is 4.46. The predicted octanol–water partition coefficient (Wildman–Crippen LogP) is 2.95. The number of aromatic hydroxyl groups is 1. The number of carbonyl (C=O) groups is 4. The van der Waals surface area contributed by atoms with Crippen molar-refractivity contribution in [3.05, 3.63) is 76.8 Å². The van der Waals surface area contributed by atoms with Crippen LogP contribution in [0.2, 0.25) is 0 Å². The molecule has 2 aromatic carbocycles. The Balaban J connectivity index is 1.67. The Hall–Kier alpha value is -4.25. The SMILES string of the molecule is C[C@@H](c1ccccc1)[C@@H](C(=O)Nc1nc(C(=O)O)cs1)N1C(=O)N[C@H](c2ccc(O)cc2)C1=O. The summed E-state index contributed by atoms with van der Waals surface area (Å²) < 4.78 is 0. The van der Waals surface area contributed by atoms with Crippen molar-refractivity contribution in [3.63, 3.8) is 0 Å². The molecule has 1 aromatic heterocycles. The molecule has 4 N–H and O–H groups in total. The number of carboxylic acid groups (broad SMARTS) is 1. The van der Waals surface area contributed by atoms with Crippen LogP contribution >= 0.6 is 11.3 Å². The molecule has 1 saturated heterocycles. The maximum absolute atomic E-state index is 13.4. The third-order valence-electron chi connectivity index (χ3n) is 5.50. The number of benzene rings is 2. The fourth-order valence-corrected chi connectivity index (χ4v) is 4.45. The molecule has 4 amide bonds. The van der Waals surface area contributed by atoms with Crippen LogP contribution in [-0.2, 0) is 9.59 Å². The summed E-state index contributed by atoms with van der Waals surface area (Å²) in [5.74, 6) is -3.12. The van der Waals surface area contributed by atoms with E-state index in [1.165, 1.54) is 29.6 Å². The number of imide groups is 1. The topological polar surface area (TPSA) is 149 Å². The fraction of sp³-hybridized carbons (Fsp3) is 0.174. The number of carbonyl (C=O) groups excluding carboxylic acids is 3. The monoisotopic (exact) mass is 480 g/mol. The number of amides is 4. The Morgan fingerprint density at radius 1 is 1.12 bits per heavy atom. The maximum atomic E-state index is 13.4. The van der Waals surface area contributed by atoms with Gasteiger partial charge in [-0.3, -0.25) is 9.59 Å². The molecule has 0 aliphatic carbocycles. The van der Waals surface area contributed by atoms with Gasteiger partial charge in [0.05, 0.1) is 0 Å². The van der Waals surface area contributed by atoms with Crippen molar-refractivity contribution in [2.75, 3.05) is 5.32 Å². The van der Waals surface area contributed by atoms with Gasteiger partial charge >= 0.3 is 12.0 Å². The predicted molar refractivity (Wildman–Crippen MR) is 123 cm³/mol. The first-order chi connectivity index (χ1) is 16.3. The lowest BCUT2D eigenvalue weighted by atomic mass is 9.91. The van der Waals surface area contributed by atoms with E-state index in [2.05, 4.69) is 15.6 Å². The molecule has 174 valence electrons. The molecule has 1 aliphatic rings. The molecule has 34 heavy (non-hydrogen) atoms. The van der Waals surface area contributed by atoms with Gasteiger partial charge in [0.15, 0.2) is 10.8 Å². The zero-order valence-corrected chi connectivity index (χ0v) is 18.7. The first kappa shape index (κ1) is 22.9. The Morgan fingerprint density at radius 2 is 1.79 bits per heavy atom. The second-order valence-corrected chi connectivity index (χ2v) is 8.52. The lowest BCUT2D eigenvalue weighted by molar-refractivity contribution is -0.134. The normalized spacial score (nSPS) is 17.2. The summed E-state index contributed by atoms with van der Waals surface area (Å²) in [7, 11) is 0. The summed E-state index contributed by atoms with van der Waals surface area (Å²) in [6, 6.07) is 11.8. The molecule has 0 saturated carbocycles. The highest BCUT2D eigenvalue weighted by molar-refractivity contribution is 7.14. The van der Waals surface area contributed by atoms with Gasteiger partial charge in [-0.2, -0.15) is 0 Å². The van der Waals surface area contributed by atoms with Gasteiger partial charge < -0.3 is 20.8 Å². The van der Waals surface area contributed by atoms with Crippen LogP contribution in [0.5, 0.6) is 5.75 Å². The van der Waals surface area contributed by atoms with E-state index in [1.807, 2.05) is 6.07 Å². The van der Waals surface area contributed by atoms with E-state index >= 15 is 0 Å². The van der Waals surface area contributed by atoms with Gasteiger partial charge in [-0.1, -0.05) is 49.4 Å². The van der Waals surface area contributed by atoms with E-state index in [9.17, 15) is 24.3 Å². The number of carboxylic acids is 1. The summed E-state index contributed by atoms with van der Waals surface area (Å²) in [4.78, 5) is 55.5. The molecule has 1 fully saturated rings. The van der Waals surface area contributed by atoms with Crippen LogP contribution in [0.3, 0.4) is 0 Å². The number of nitrogens with zero attached hydrogens (tertiary/aromatic N) is 2. The molecule has 4 rings (SSSR count). The van der Waals surface area contributed by atoms with Crippen molar-refractivity contribution in [2.24, 2.45) is 0 Å². The highest BCUT2D eigenvalue weighted by atomic mass is 32.1. The first-order valence-corrected chi connectivity index (χ1v) is 11.1. The van der Waals surface area contributed by atoms with Gasteiger partial charge in [-0.05, 0) is 23.3 Å². The molecule has 0 unspecified atom stereocenters. The summed E-state index contributed by atoms with van der Waals surface area (Å²) in [5, 5.41) is 25.1. The summed E-state index contributed by atoms with van der Waals surface area (Å²) in [6.45, 7) is 1.72. The number of hydrogen-bond donors (Lipinski definition) is 4. The van der Waals surface area contributed by atoms with Crippen molar-refractivity contribution < 1.29 is 29.4 Å². The van der Waals surface area contributed by atoms with Gasteiger partial charge in [-0.15, -0.1) is 11.3 Å². The zero-order chi connectivity index (χ0) is 24.4. The minimum Gasteiger partial charge on any atom is -0.508 e. The zero-order valence-electron chi connectivity index (χ0n) is 17.8. The number of phenolic OH excluding ortho intramolecular Hbond substituents is 1. The highest BCUT2D eigenvalue weighted by Gasteiger charge is 2.47. The summed E-state index contributed by atoms with van der Waals surface area (Å²) in [6.07, 6.45) is 0. The minimum atomic E-state index is -1.24. The number of thiazole rings is 1. The van der Waals surface area contributed by atoms with Crippen molar-refractivity contribution in [1.82, 2.24) is 15.2 Å². The largest absolute Gasteiger partial charge is 0.508 e. The van der Waals surface area contributed by atoms with Crippen LogP contribution in [0.1, 0.15) is 40.5 Å². The van der Waals surface area contributed by atoms with Crippen LogP contribution in [0.4, 0.5) is 9.93 Å². The number of phenols is 1. The Labute approximate surface area is 197 Å². The van der Waals surface area contributed by atoms with Crippen LogP contribution in [0.25, 0.3) is 0 Å². The van der Waals surface area contributed by atoms with E-state index < -0.39 is 41.8 Å². The number of rotatable bonds is 7. The standard InChI is InChI=1S/C23H20N4O6S/c1-12(13-5-3-2-4-6-13)18(19(29)26-22-24-16(11-34-22)21(31)32)27-20(30)17(25-23(27)33)14-7-9-15(28)10-8-14/h2-12,17-18,28H,1H3,(H,25,33)(H,31,32)(H,24,26,29)/t12-,17+,18-/m0/s1. The molecule has 1 aliphatic heterocycles. The number of hydrogen-bond acceptors (Lipinski definition) is 7. The molecule has 3 aromatic rings. The van der Waals surface area contributed by atoms with Gasteiger partial charge in [0.2, 0.25) is 5.91 Å². The maximum Gasteiger partial charge on any atom is 0.355 e. The van der Waals surface area contributed by atoms with Crippen LogP contribution in [0.15, 0.2) is 60.0 Å². The van der Waals surface area contributed by atoms with E-state index in [-0.39, 0.29) is 16.6 Å². The smallest absolute Gasteiger partial charge is 0.355 e. The highest BCUT2D eigenvalue weighted by Crippen LogP contribution is 2.31. The van der Waals surface area contributed by atoms with Crippen LogP contribution in [0, 0.1) is 0 Å². The second kappa shape index (κ2) is 9.32. The number of nitrogens with one attached hydrogen (secondary N) is 2. The lowest BCUT2D eigenvalue weighted by Crippen LogP contribution is -2.50. The quantitative estimate of drug-likeness (QED) is 0.380. The first-order valence-electron chi connectivity index (χ1n) is 10.2. The molecule has 11 heteroatoms. The minimum absolute atomic E-state index is 0.0107. The van der Waals surface area contributed by atoms with E-state index in [0.717, 1.165) is 21.8 Å². The average molecular weight is 481 g/mol. The molecule has 10 nitrogen and oxygen atoms in total. The van der Waals surface area contributed by atoms with E-state index in [0.29, 0.717) is 5.56 Å². The van der Waals surface area contributed by atoms with Crippen molar-refractivity contribution >= 4 is 40.3 Å². The molecule has 0 spiro atoms. The van der Waals surface area contributed by atoms with Crippen molar-refractivity contribution in [1.29, 1.82) is 0 Å². The van der Waals surface area contributed by atoms with Crippen molar-refractivity contribution in [2.45, 2.75) is 24.9 Å². The average Bonchev–Trinajstić information content (AvgIpc) is 3.40. The molecular weight excluding hydrogens is 460 g/mol. The lowest BCUT2D eigenvalue weighted by Gasteiger charge is -2.29. The molecule has 0 bridgehead atoms. The fourth-order valence-electron chi connectivity index (χ4n) is 3.77. The van der Waals surface area contributed by atoms with Crippen LogP contribution in [-0.4, -0.2) is 50.0 Å². The third-order valence-corrected chi connectivity index (χ3v) is 6.25. The summed E-state index contributed by atoms with van der Waals surface area (Å²) >= 11 is 0.922. The van der Waals surface area contributed by atoms with E-state index in [4.69, 9.17) is 5.11 Å². The van der Waals surface area contributed by atoms with Gasteiger partial charge in [-0.25, -0.2) is 19.5 Å². The number of urea groups is 1. The second-order valence-electron chi connectivity index (χ2n) is 7.66. The van der Waals surface area contributed by atoms with E-state index in [1.54, 1.807) is 31.2 Å². The van der Waals surface area contributed by atoms with Crippen molar-refractivity contribution in [3.8, 4) is 5.75 Å². The molecular formula is C23H20N4O6S. The van der Waals surface area contributed by atoms with Gasteiger partial charge in [0, 0.05) is 11.3 Å². The Kier molecular flexibility index (Phi) is 6.28.